The summed E-state index contributed by atoms with van der Waals surface area (Å²) in [6, 6.07) is 3.34. The van der Waals surface area contributed by atoms with Gasteiger partial charge in [-0.3, -0.25) is 0 Å². The molecule has 1 aromatic carbocycles. The van der Waals surface area contributed by atoms with E-state index < -0.39 is 16.0 Å². The summed E-state index contributed by atoms with van der Waals surface area (Å²) in [5.41, 5.74) is -0.176. The summed E-state index contributed by atoms with van der Waals surface area (Å²) in [6.07, 6.45) is 0. The molecule has 0 bridgehead atoms. The number of carboxylic acids is 1. The molecule has 0 aliphatic rings. The lowest BCUT2D eigenvalue weighted by atomic mass is 10.2. The molecule has 21 heavy (non-hydrogen) atoms. The zero-order valence-corrected chi connectivity index (χ0v) is 12.3. The standard InChI is InChI=1S/C11H10ClN3O5S/c1-6-14-10(15-20-6)5-13-21(18,19)7-2-3-8(11(16)17)9(12)4-7/h2-4,13H,5H2,1H3,(H,16,17). The van der Waals surface area contributed by atoms with Gasteiger partial charge in [0.2, 0.25) is 15.9 Å². The van der Waals surface area contributed by atoms with Crippen LogP contribution in [-0.4, -0.2) is 29.6 Å². The maximum Gasteiger partial charge on any atom is 0.337 e. The minimum Gasteiger partial charge on any atom is -0.478 e. The first-order chi connectivity index (χ1) is 9.79. The van der Waals surface area contributed by atoms with Crippen LogP contribution >= 0.6 is 11.6 Å². The van der Waals surface area contributed by atoms with Crippen LogP contribution in [0.4, 0.5) is 0 Å². The highest BCUT2D eigenvalue weighted by Crippen LogP contribution is 2.21. The largest absolute Gasteiger partial charge is 0.478 e. The van der Waals surface area contributed by atoms with E-state index in [-0.39, 0.29) is 27.9 Å². The van der Waals surface area contributed by atoms with Gasteiger partial charge in [-0.2, -0.15) is 4.98 Å². The topological polar surface area (TPSA) is 122 Å². The van der Waals surface area contributed by atoms with E-state index in [1.807, 2.05) is 0 Å². The molecule has 0 unspecified atom stereocenters. The average molecular weight is 332 g/mol. The maximum atomic E-state index is 12.0. The Labute approximate surface area is 124 Å². The van der Waals surface area contributed by atoms with Gasteiger partial charge in [-0.25, -0.2) is 17.9 Å². The fourth-order valence-corrected chi connectivity index (χ4v) is 2.82. The Balaban J connectivity index is 2.19. The summed E-state index contributed by atoms with van der Waals surface area (Å²) in [4.78, 5) is 14.5. The minimum atomic E-state index is -3.86. The number of nitrogens with one attached hydrogen (secondary N) is 1. The van der Waals surface area contributed by atoms with Crippen LogP contribution in [0.3, 0.4) is 0 Å². The minimum absolute atomic E-state index is 0.155. The summed E-state index contributed by atoms with van der Waals surface area (Å²) in [6.45, 7) is 1.42. The molecular formula is C11H10ClN3O5S. The number of aromatic nitrogens is 2. The fourth-order valence-electron chi connectivity index (χ4n) is 1.49. The van der Waals surface area contributed by atoms with Crippen molar-refractivity contribution < 1.29 is 22.8 Å². The molecule has 2 N–H and O–H groups in total. The Morgan fingerprint density at radius 1 is 1.48 bits per heavy atom. The Morgan fingerprint density at radius 2 is 2.19 bits per heavy atom. The van der Waals surface area contributed by atoms with Gasteiger partial charge in [-0.1, -0.05) is 16.8 Å². The number of carbonyl (C=O) groups is 1. The highest BCUT2D eigenvalue weighted by Gasteiger charge is 2.18. The number of hydrogen-bond donors (Lipinski definition) is 2. The molecule has 0 radical (unpaired) electrons. The van der Waals surface area contributed by atoms with E-state index in [9.17, 15) is 13.2 Å². The predicted octanol–water partition coefficient (Wildman–Crippen LogP) is 1.21. The monoisotopic (exact) mass is 331 g/mol. The van der Waals surface area contributed by atoms with E-state index >= 15 is 0 Å². The van der Waals surface area contributed by atoms with Crippen molar-refractivity contribution in [2.75, 3.05) is 0 Å². The van der Waals surface area contributed by atoms with Crippen LogP contribution in [0.15, 0.2) is 27.6 Å². The van der Waals surface area contributed by atoms with Crippen LogP contribution < -0.4 is 4.72 Å². The molecule has 0 atom stereocenters. The number of carboxylic acid groups (broad SMARTS) is 1. The van der Waals surface area contributed by atoms with E-state index in [0.29, 0.717) is 5.89 Å². The lowest BCUT2D eigenvalue weighted by Gasteiger charge is -2.06. The molecule has 0 aliphatic heterocycles. The van der Waals surface area contributed by atoms with Crippen molar-refractivity contribution in [3.8, 4) is 0 Å². The number of nitrogens with zero attached hydrogens (tertiary/aromatic N) is 2. The first-order valence-electron chi connectivity index (χ1n) is 5.61. The van der Waals surface area contributed by atoms with Gasteiger partial charge < -0.3 is 9.63 Å². The first kappa shape index (κ1) is 15.4. The van der Waals surface area contributed by atoms with Crippen LogP contribution in [0.5, 0.6) is 0 Å². The van der Waals surface area contributed by atoms with Crippen LogP contribution in [-0.2, 0) is 16.6 Å². The summed E-state index contributed by atoms with van der Waals surface area (Å²) in [7, 11) is -3.86. The fraction of sp³-hybridized carbons (Fsp3) is 0.182. The van der Waals surface area contributed by atoms with Crippen molar-refractivity contribution in [1.29, 1.82) is 0 Å². The SMILES string of the molecule is Cc1nc(CNS(=O)(=O)c2ccc(C(=O)O)c(Cl)c2)no1. The molecule has 112 valence electrons. The van der Waals surface area contributed by atoms with Gasteiger partial charge in [0.1, 0.15) is 0 Å². The maximum absolute atomic E-state index is 12.0. The Bertz CT molecular complexity index is 787. The summed E-state index contributed by atoms with van der Waals surface area (Å²) < 4.78 is 31.1. The zero-order valence-electron chi connectivity index (χ0n) is 10.7. The van der Waals surface area contributed by atoms with Crippen LogP contribution in [0, 0.1) is 6.92 Å². The molecule has 8 nitrogen and oxygen atoms in total. The molecule has 0 amide bonds. The van der Waals surface area contributed by atoms with Crippen molar-refractivity contribution in [2.45, 2.75) is 18.4 Å². The molecular weight excluding hydrogens is 322 g/mol. The van der Waals surface area contributed by atoms with E-state index in [0.717, 1.165) is 18.2 Å². The van der Waals surface area contributed by atoms with Crippen LogP contribution in [0.2, 0.25) is 5.02 Å². The van der Waals surface area contributed by atoms with Crippen molar-refractivity contribution in [2.24, 2.45) is 0 Å². The lowest BCUT2D eigenvalue weighted by molar-refractivity contribution is 0.0697. The highest BCUT2D eigenvalue weighted by atomic mass is 35.5. The Morgan fingerprint density at radius 3 is 2.71 bits per heavy atom. The number of sulfonamides is 1. The average Bonchev–Trinajstić information content (AvgIpc) is 2.82. The molecule has 2 aromatic rings. The van der Waals surface area contributed by atoms with E-state index in [4.69, 9.17) is 21.2 Å². The van der Waals surface area contributed by atoms with Gasteiger partial charge in [0.25, 0.3) is 0 Å². The molecule has 10 heteroatoms. The number of halogens is 1. The lowest BCUT2D eigenvalue weighted by Crippen LogP contribution is -2.24. The van der Waals surface area contributed by atoms with Gasteiger partial charge in [0, 0.05) is 6.92 Å². The number of aromatic carboxylic acids is 1. The predicted molar refractivity (Wildman–Crippen MR) is 71.5 cm³/mol. The Kier molecular flexibility index (Phi) is 4.26. The third-order valence-electron chi connectivity index (χ3n) is 2.47. The molecule has 0 fully saturated rings. The number of aryl methyl sites for hydroxylation is 1. The number of benzene rings is 1. The van der Waals surface area contributed by atoms with Gasteiger partial charge in [-0.05, 0) is 18.2 Å². The van der Waals surface area contributed by atoms with Crippen LogP contribution in [0.25, 0.3) is 0 Å². The molecule has 1 heterocycles. The quantitative estimate of drug-likeness (QED) is 0.844. The van der Waals surface area contributed by atoms with Crippen molar-refractivity contribution in [3.05, 3.63) is 40.5 Å². The molecule has 0 aliphatic carbocycles. The number of rotatable bonds is 5. The number of hydrogen-bond acceptors (Lipinski definition) is 6. The third-order valence-corrected chi connectivity index (χ3v) is 4.18. The van der Waals surface area contributed by atoms with Gasteiger partial charge >= 0.3 is 5.97 Å². The van der Waals surface area contributed by atoms with Gasteiger partial charge in [0.15, 0.2) is 5.82 Å². The second-order valence-corrected chi connectivity index (χ2v) is 6.18. The molecule has 0 saturated heterocycles. The van der Waals surface area contributed by atoms with Crippen molar-refractivity contribution >= 4 is 27.6 Å². The van der Waals surface area contributed by atoms with E-state index in [1.165, 1.54) is 0 Å². The second kappa shape index (κ2) is 5.80. The van der Waals surface area contributed by atoms with Gasteiger partial charge in [-0.15, -0.1) is 0 Å². The second-order valence-electron chi connectivity index (χ2n) is 4.00. The summed E-state index contributed by atoms with van der Waals surface area (Å²) >= 11 is 5.74. The summed E-state index contributed by atoms with van der Waals surface area (Å²) in [5.74, 6) is -0.735. The van der Waals surface area contributed by atoms with Crippen molar-refractivity contribution in [3.63, 3.8) is 0 Å². The normalized spacial score (nSPS) is 11.5. The van der Waals surface area contributed by atoms with Crippen LogP contribution in [0.1, 0.15) is 22.1 Å². The van der Waals surface area contributed by atoms with Crippen molar-refractivity contribution in [1.82, 2.24) is 14.9 Å². The van der Waals surface area contributed by atoms with E-state index in [2.05, 4.69) is 14.9 Å². The third kappa shape index (κ3) is 3.57. The molecule has 0 saturated carbocycles. The molecule has 0 spiro atoms. The first-order valence-corrected chi connectivity index (χ1v) is 7.47. The van der Waals surface area contributed by atoms with E-state index in [1.54, 1.807) is 6.92 Å². The summed E-state index contributed by atoms with van der Waals surface area (Å²) in [5, 5.41) is 12.2. The molecule has 1 aromatic heterocycles. The smallest absolute Gasteiger partial charge is 0.337 e. The Hall–Kier alpha value is -1.97. The highest BCUT2D eigenvalue weighted by molar-refractivity contribution is 7.89. The zero-order chi connectivity index (χ0) is 15.6. The van der Waals surface area contributed by atoms with Gasteiger partial charge in [0.05, 0.1) is 22.0 Å². The molecule has 2 rings (SSSR count).